The Morgan fingerprint density at radius 3 is 2.82 bits per heavy atom. The zero-order valence-electron chi connectivity index (χ0n) is 13.4. The Morgan fingerprint density at radius 2 is 2.14 bits per heavy atom. The predicted octanol–water partition coefficient (Wildman–Crippen LogP) is 3.05. The monoisotopic (exact) mass is 301 g/mol. The number of rotatable bonds is 2. The fourth-order valence-corrected chi connectivity index (χ4v) is 2.63. The van der Waals surface area contributed by atoms with Gasteiger partial charge in [0.1, 0.15) is 11.7 Å². The SMILES string of the molecule is CC(C)(C)OC(=O)NC1CCCN(c2ccccc2C#N)C1. The van der Waals surface area contributed by atoms with Gasteiger partial charge in [0, 0.05) is 19.1 Å². The molecule has 1 saturated heterocycles. The Labute approximate surface area is 131 Å². The van der Waals surface area contributed by atoms with Crippen LogP contribution >= 0.6 is 0 Å². The molecule has 1 heterocycles. The number of nitriles is 1. The van der Waals surface area contributed by atoms with Crippen LogP contribution in [-0.2, 0) is 4.74 Å². The largest absolute Gasteiger partial charge is 0.444 e. The molecule has 5 nitrogen and oxygen atoms in total. The molecule has 0 aliphatic carbocycles. The molecule has 1 unspecified atom stereocenters. The standard InChI is InChI=1S/C17H23N3O2/c1-17(2,3)22-16(21)19-14-8-6-10-20(12-14)15-9-5-4-7-13(15)11-18/h4-5,7,9,14H,6,8,10,12H2,1-3H3,(H,19,21). The lowest BCUT2D eigenvalue weighted by Gasteiger charge is -2.35. The van der Waals surface area contributed by atoms with Crippen molar-refractivity contribution in [3.8, 4) is 6.07 Å². The number of nitrogens with one attached hydrogen (secondary N) is 1. The summed E-state index contributed by atoms with van der Waals surface area (Å²) in [6.45, 7) is 7.14. The minimum atomic E-state index is -0.494. The number of para-hydroxylation sites is 1. The molecule has 0 saturated carbocycles. The van der Waals surface area contributed by atoms with Gasteiger partial charge in [0.25, 0.3) is 0 Å². The Hall–Kier alpha value is -2.22. The van der Waals surface area contributed by atoms with Crippen LogP contribution in [0.5, 0.6) is 0 Å². The first-order valence-corrected chi connectivity index (χ1v) is 7.62. The van der Waals surface area contributed by atoms with Gasteiger partial charge in [0.05, 0.1) is 11.3 Å². The normalized spacial score (nSPS) is 18.5. The average Bonchev–Trinajstić information content (AvgIpc) is 2.45. The van der Waals surface area contributed by atoms with Crippen molar-refractivity contribution in [3.63, 3.8) is 0 Å². The van der Waals surface area contributed by atoms with Crippen molar-refractivity contribution >= 4 is 11.8 Å². The van der Waals surface area contributed by atoms with Crippen LogP contribution in [0.25, 0.3) is 0 Å². The molecule has 1 aromatic rings. The number of carbonyl (C=O) groups is 1. The van der Waals surface area contributed by atoms with E-state index in [4.69, 9.17) is 4.74 Å². The summed E-state index contributed by atoms with van der Waals surface area (Å²) in [6, 6.07) is 9.83. The zero-order chi connectivity index (χ0) is 16.2. The van der Waals surface area contributed by atoms with Gasteiger partial charge >= 0.3 is 6.09 Å². The molecule has 2 rings (SSSR count). The van der Waals surface area contributed by atoms with Crippen LogP contribution in [0.2, 0.25) is 0 Å². The minimum absolute atomic E-state index is 0.0374. The second kappa shape index (κ2) is 6.69. The Kier molecular flexibility index (Phi) is 4.92. The highest BCUT2D eigenvalue weighted by Gasteiger charge is 2.25. The summed E-state index contributed by atoms with van der Waals surface area (Å²) in [5, 5.41) is 12.1. The topological polar surface area (TPSA) is 65.4 Å². The Morgan fingerprint density at radius 1 is 1.41 bits per heavy atom. The van der Waals surface area contributed by atoms with Crippen molar-refractivity contribution in [2.24, 2.45) is 0 Å². The molecule has 1 aliphatic rings. The lowest BCUT2D eigenvalue weighted by molar-refractivity contribution is 0.0500. The maximum Gasteiger partial charge on any atom is 0.407 e. The van der Waals surface area contributed by atoms with Crippen LogP contribution in [0.15, 0.2) is 24.3 Å². The van der Waals surface area contributed by atoms with Gasteiger partial charge in [-0.3, -0.25) is 0 Å². The van der Waals surface area contributed by atoms with E-state index in [0.717, 1.165) is 25.1 Å². The van der Waals surface area contributed by atoms with Gasteiger partial charge in [0.15, 0.2) is 0 Å². The first-order chi connectivity index (χ1) is 10.4. The van der Waals surface area contributed by atoms with Crippen molar-refractivity contribution in [1.82, 2.24) is 5.32 Å². The number of hydrogen-bond acceptors (Lipinski definition) is 4. The number of hydrogen-bond donors (Lipinski definition) is 1. The van der Waals surface area contributed by atoms with E-state index in [-0.39, 0.29) is 12.1 Å². The third kappa shape index (κ3) is 4.39. The first kappa shape index (κ1) is 16.2. The maximum absolute atomic E-state index is 11.9. The van der Waals surface area contributed by atoms with Crippen molar-refractivity contribution < 1.29 is 9.53 Å². The molecule has 1 N–H and O–H groups in total. The smallest absolute Gasteiger partial charge is 0.407 e. The summed E-state index contributed by atoms with van der Waals surface area (Å²) in [5.74, 6) is 0. The van der Waals surface area contributed by atoms with Gasteiger partial charge in [-0.15, -0.1) is 0 Å². The van der Waals surface area contributed by atoms with Crippen LogP contribution in [0.1, 0.15) is 39.2 Å². The summed E-state index contributed by atoms with van der Waals surface area (Å²) in [7, 11) is 0. The number of amides is 1. The van der Waals surface area contributed by atoms with Crippen LogP contribution < -0.4 is 10.2 Å². The molecule has 1 atom stereocenters. The molecule has 118 valence electrons. The quantitative estimate of drug-likeness (QED) is 0.911. The van der Waals surface area contributed by atoms with E-state index in [1.54, 1.807) is 0 Å². The molecule has 5 heteroatoms. The second-order valence-corrected chi connectivity index (χ2v) is 6.56. The van der Waals surface area contributed by atoms with Gasteiger partial charge < -0.3 is 15.0 Å². The molecule has 0 spiro atoms. The van der Waals surface area contributed by atoms with Gasteiger partial charge in [-0.25, -0.2) is 4.79 Å². The Balaban J connectivity index is 2.00. The van der Waals surface area contributed by atoms with Crippen molar-refractivity contribution in [2.75, 3.05) is 18.0 Å². The Bertz CT molecular complexity index is 572. The van der Waals surface area contributed by atoms with Gasteiger partial charge in [-0.1, -0.05) is 12.1 Å². The molecule has 0 bridgehead atoms. The third-order valence-corrected chi connectivity index (χ3v) is 3.51. The van der Waals surface area contributed by atoms with E-state index in [1.807, 2.05) is 45.0 Å². The summed E-state index contributed by atoms with van der Waals surface area (Å²) >= 11 is 0. The molecule has 1 amide bonds. The van der Waals surface area contributed by atoms with Gasteiger partial charge in [0.2, 0.25) is 0 Å². The highest BCUT2D eigenvalue weighted by Crippen LogP contribution is 2.23. The molecule has 0 radical (unpaired) electrons. The minimum Gasteiger partial charge on any atom is -0.444 e. The van der Waals surface area contributed by atoms with Gasteiger partial charge in [-0.05, 0) is 45.7 Å². The van der Waals surface area contributed by atoms with E-state index >= 15 is 0 Å². The molecule has 22 heavy (non-hydrogen) atoms. The lowest BCUT2D eigenvalue weighted by atomic mass is 10.0. The van der Waals surface area contributed by atoms with Crippen molar-refractivity contribution in [1.29, 1.82) is 5.26 Å². The fourth-order valence-electron chi connectivity index (χ4n) is 2.63. The summed E-state index contributed by atoms with van der Waals surface area (Å²) in [5.41, 5.74) is 1.10. The van der Waals surface area contributed by atoms with Crippen LogP contribution in [0.4, 0.5) is 10.5 Å². The van der Waals surface area contributed by atoms with E-state index in [2.05, 4.69) is 16.3 Å². The number of benzene rings is 1. The first-order valence-electron chi connectivity index (χ1n) is 7.62. The van der Waals surface area contributed by atoms with Crippen LogP contribution in [0.3, 0.4) is 0 Å². The molecule has 1 fully saturated rings. The third-order valence-electron chi connectivity index (χ3n) is 3.51. The van der Waals surface area contributed by atoms with Crippen molar-refractivity contribution in [3.05, 3.63) is 29.8 Å². The maximum atomic E-state index is 11.9. The molecular weight excluding hydrogens is 278 g/mol. The molecule has 1 aromatic carbocycles. The fraction of sp³-hybridized carbons (Fsp3) is 0.529. The highest BCUT2D eigenvalue weighted by atomic mass is 16.6. The van der Waals surface area contributed by atoms with Gasteiger partial charge in [-0.2, -0.15) is 5.26 Å². The number of carbonyl (C=O) groups excluding carboxylic acids is 1. The highest BCUT2D eigenvalue weighted by molar-refractivity contribution is 5.68. The lowest BCUT2D eigenvalue weighted by Crippen LogP contribution is -2.49. The number of piperidine rings is 1. The van der Waals surface area contributed by atoms with E-state index in [1.165, 1.54) is 0 Å². The zero-order valence-corrected chi connectivity index (χ0v) is 13.4. The molecule has 0 aromatic heterocycles. The van der Waals surface area contributed by atoms with Crippen molar-refractivity contribution in [2.45, 2.75) is 45.3 Å². The summed E-state index contributed by atoms with van der Waals surface area (Å²) in [4.78, 5) is 14.0. The number of anilines is 1. The van der Waals surface area contributed by atoms with Crippen LogP contribution in [-0.4, -0.2) is 30.8 Å². The van der Waals surface area contributed by atoms with E-state index in [0.29, 0.717) is 12.1 Å². The summed E-state index contributed by atoms with van der Waals surface area (Å²) in [6.07, 6.45) is 1.51. The number of ether oxygens (including phenoxy) is 1. The molecular formula is C17H23N3O2. The predicted molar refractivity (Wildman–Crippen MR) is 85.8 cm³/mol. The number of alkyl carbamates (subject to hydrolysis) is 1. The molecule has 1 aliphatic heterocycles. The van der Waals surface area contributed by atoms with E-state index < -0.39 is 5.60 Å². The van der Waals surface area contributed by atoms with E-state index in [9.17, 15) is 10.1 Å². The summed E-state index contributed by atoms with van der Waals surface area (Å²) < 4.78 is 5.31. The number of nitrogens with zero attached hydrogens (tertiary/aromatic N) is 2. The van der Waals surface area contributed by atoms with Crippen LogP contribution in [0, 0.1) is 11.3 Å². The average molecular weight is 301 g/mol. The second-order valence-electron chi connectivity index (χ2n) is 6.56.